The molecule has 2 heterocycles. The Morgan fingerprint density at radius 3 is 2.68 bits per heavy atom. The molecule has 1 N–H and O–H groups in total. The minimum absolute atomic E-state index is 0.238. The van der Waals surface area contributed by atoms with Crippen molar-refractivity contribution in [3.63, 3.8) is 0 Å². The number of ether oxygens (including phenoxy) is 1. The summed E-state index contributed by atoms with van der Waals surface area (Å²) in [4.78, 5) is 16.1. The summed E-state index contributed by atoms with van der Waals surface area (Å²) >= 11 is 0. The number of pyridine rings is 1. The number of benzene rings is 2. The standard InChI is InChI=1S/C26H24N2O3/c1-2-31-26(30)15-7-19-6-14-25-24(17-19)20(8-9-21-5-3-4-16-27-21)18-28(25)22-10-12-23(29)13-11-22/h3-7,10-18,29H,2,8-9H2,1H3/b15-7+. The molecule has 0 aliphatic heterocycles. The van der Waals surface area contributed by atoms with E-state index in [0.717, 1.165) is 40.7 Å². The molecule has 4 aromatic rings. The molecule has 0 unspecified atom stereocenters. The summed E-state index contributed by atoms with van der Waals surface area (Å²) < 4.78 is 7.10. The van der Waals surface area contributed by atoms with E-state index in [4.69, 9.17) is 4.74 Å². The number of carbonyl (C=O) groups excluding carboxylic acids is 1. The SMILES string of the molecule is CCOC(=O)/C=C/c1ccc2c(c1)c(CCc1ccccn1)cn2-c1ccc(O)cc1. The highest BCUT2D eigenvalue weighted by molar-refractivity contribution is 5.91. The maximum Gasteiger partial charge on any atom is 0.330 e. The van der Waals surface area contributed by atoms with Crippen LogP contribution in [0, 0.1) is 0 Å². The molecule has 31 heavy (non-hydrogen) atoms. The highest BCUT2D eigenvalue weighted by Crippen LogP contribution is 2.28. The Hall–Kier alpha value is -3.86. The summed E-state index contributed by atoms with van der Waals surface area (Å²) in [6.07, 6.45) is 8.85. The first kappa shape index (κ1) is 20.4. The van der Waals surface area contributed by atoms with Crippen LogP contribution >= 0.6 is 0 Å². The maximum atomic E-state index is 11.7. The monoisotopic (exact) mass is 412 g/mol. The Balaban J connectivity index is 1.72. The Kier molecular flexibility index (Phi) is 6.13. The number of hydrogen-bond donors (Lipinski definition) is 1. The van der Waals surface area contributed by atoms with E-state index in [9.17, 15) is 9.90 Å². The lowest BCUT2D eigenvalue weighted by atomic mass is 10.0. The van der Waals surface area contributed by atoms with Crippen LogP contribution in [-0.2, 0) is 22.4 Å². The first-order valence-corrected chi connectivity index (χ1v) is 10.3. The van der Waals surface area contributed by atoms with E-state index in [0.29, 0.717) is 6.61 Å². The van der Waals surface area contributed by atoms with Gasteiger partial charge in [-0.3, -0.25) is 4.98 Å². The van der Waals surface area contributed by atoms with E-state index in [2.05, 4.69) is 27.9 Å². The van der Waals surface area contributed by atoms with Crippen molar-refractivity contribution >= 4 is 22.9 Å². The van der Waals surface area contributed by atoms with E-state index in [1.165, 1.54) is 11.6 Å². The summed E-state index contributed by atoms with van der Waals surface area (Å²) in [6.45, 7) is 2.15. The van der Waals surface area contributed by atoms with Gasteiger partial charge in [0.1, 0.15) is 5.75 Å². The molecule has 0 saturated heterocycles. The number of carbonyl (C=O) groups is 1. The molecule has 0 amide bonds. The van der Waals surface area contributed by atoms with Gasteiger partial charge in [0.05, 0.1) is 12.1 Å². The molecule has 5 heteroatoms. The molecule has 0 bridgehead atoms. The smallest absolute Gasteiger partial charge is 0.330 e. The van der Waals surface area contributed by atoms with Crippen LogP contribution in [0.5, 0.6) is 5.75 Å². The zero-order chi connectivity index (χ0) is 21.6. The van der Waals surface area contributed by atoms with E-state index >= 15 is 0 Å². The van der Waals surface area contributed by atoms with Crippen LogP contribution in [0.2, 0.25) is 0 Å². The third-order valence-electron chi connectivity index (χ3n) is 5.11. The molecule has 0 radical (unpaired) electrons. The summed E-state index contributed by atoms with van der Waals surface area (Å²) in [5, 5.41) is 10.8. The molecule has 0 aliphatic carbocycles. The predicted molar refractivity (Wildman–Crippen MR) is 122 cm³/mol. The van der Waals surface area contributed by atoms with Crippen LogP contribution < -0.4 is 0 Å². The number of rotatable bonds is 7. The normalized spacial score (nSPS) is 11.3. The van der Waals surface area contributed by atoms with Crippen LogP contribution in [0.3, 0.4) is 0 Å². The second kappa shape index (κ2) is 9.30. The Morgan fingerprint density at radius 1 is 1.10 bits per heavy atom. The van der Waals surface area contributed by atoms with Gasteiger partial charge in [-0.15, -0.1) is 0 Å². The van der Waals surface area contributed by atoms with Gasteiger partial charge >= 0.3 is 5.97 Å². The molecule has 0 aliphatic rings. The molecule has 0 saturated carbocycles. The van der Waals surface area contributed by atoms with Crippen molar-refractivity contribution in [3.05, 3.63) is 96.0 Å². The molecule has 2 aromatic carbocycles. The lowest BCUT2D eigenvalue weighted by Crippen LogP contribution is -1.98. The largest absolute Gasteiger partial charge is 0.508 e. The van der Waals surface area contributed by atoms with Gasteiger partial charge in [0, 0.05) is 35.2 Å². The van der Waals surface area contributed by atoms with Crippen molar-refractivity contribution < 1.29 is 14.6 Å². The van der Waals surface area contributed by atoms with Gasteiger partial charge in [-0.1, -0.05) is 12.1 Å². The second-order valence-corrected chi connectivity index (χ2v) is 7.22. The molecule has 0 fully saturated rings. The summed E-state index contributed by atoms with van der Waals surface area (Å²) in [6, 6.07) is 19.2. The second-order valence-electron chi connectivity index (χ2n) is 7.22. The molecule has 156 valence electrons. The number of phenols is 1. The molecular weight excluding hydrogens is 388 g/mol. The van der Waals surface area contributed by atoms with Gasteiger partial charge in [-0.25, -0.2) is 4.79 Å². The average Bonchev–Trinajstić information content (AvgIpc) is 3.15. The third-order valence-corrected chi connectivity index (χ3v) is 5.11. The predicted octanol–water partition coefficient (Wildman–Crippen LogP) is 5.09. The molecule has 5 nitrogen and oxygen atoms in total. The number of aryl methyl sites for hydroxylation is 2. The van der Waals surface area contributed by atoms with Gasteiger partial charge in [-0.2, -0.15) is 0 Å². The van der Waals surface area contributed by atoms with Gasteiger partial charge in [0.2, 0.25) is 0 Å². The van der Waals surface area contributed by atoms with E-state index < -0.39 is 0 Å². The van der Waals surface area contributed by atoms with Crippen LogP contribution in [0.4, 0.5) is 0 Å². The third kappa shape index (κ3) is 4.83. The minimum Gasteiger partial charge on any atom is -0.508 e. The van der Waals surface area contributed by atoms with Crippen molar-refractivity contribution in [2.24, 2.45) is 0 Å². The van der Waals surface area contributed by atoms with Crippen molar-refractivity contribution in [3.8, 4) is 11.4 Å². The van der Waals surface area contributed by atoms with Gasteiger partial charge in [0.25, 0.3) is 0 Å². The minimum atomic E-state index is -0.348. The zero-order valence-electron chi connectivity index (χ0n) is 17.4. The van der Waals surface area contributed by atoms with Crippen molar-refractivity contribution in [2.45, 2.75) is 19.8 Å². The summed E-state index contributed by atoms with van der Waals surface area (Å²) in [5.41, 5.74) is 5.21. The number of phenolic OH excluding ortho intramolecular Hbond substituents is 1. The van der Waals surface area contributed by atoms with Crippen LogP contribution in [0.1, 0.15) is 23.7 Å². The molecule has 0 spiro atoms. The first-order chi connectivity index (χ1) is 15.1. The van der Waals surface area contributed by atoms with E-state index in [-0.39, 0.29) is 11.7 Å². The van der Waals surface area contributed by atoms with Crippen molar-refractivity contribution in [2.75, 3.05) is 6.61 Å². The van der Waals surface area contributed by atoms with Crippen LogP contribution in [0.25, 0.3) is 22.7 Å². The highest BCUT2D eigenvalue weighted by Gasteiger charge is 2.11. The van der Waals surface area contributed by atoms with Gasteiger partial charge in [0.15, 0.2) is 0 Å². The first-order valence-electron chi connectivity index (χ1n) is 10.3. The highest BCUT2D eigenvalue weighted by atomic mass is 16.5. The van der Waals surface area contributed by atoms with Gasteiger partial charge in [-0.05, 0) is 85.5 Å². The summed E-state index contributed by atoms with van der Waals surface area (Å²) in [7, 11) is 0. The van der Waals surface area contributed by atoms with Crippen molar-refractivity contribution in [1.29, 1.82) is 0 Å². The molecule has 0 atom stereocenters. The number of aromatic hydroxyl groups is 1. The lowest BCUT2D eigenvalue weighted by Gasteiger charge is -2.06. The summed E-state index contributed by atoms with van der Waals surface area (Å²) in [5.74, 6) is -0.110. The Bertz CT molecular complexity index is 1210. The number of hydrogen-bond acceptors (Lipinski definition) is 4. The average molecular weight is 412 g/mol. The van der Waals surface area contributed by atoms with E-state index in [1.54, 1.807) is 25.1 Å². The molecule has 4 rings (SSSR count). The van der Waals surface area contributed by atoms with Crippen molar-refractivity contribution in [1.82, 2.24) is 9.55 Å². The van der Waals surface area contributed by atoms with Crippen LogP contribution in [-0.4, -0.2) is 27.2 Å². The fourth-order valence-electron chi connectivity index (χ4n) is 3.61. The number of nitrogens with zero attached hydrogens (tertiary/aromatic N) is 2. The van der Waals surface area contributed by atoms with E-state index in [1.807, 2.05) is 42.6 Å². The topological polar surface area (TPSA) is 64.3 Å². The van der Waals surface area contributed by atoms with Gasteiger partial charge < -0.3 is 14.4 Å². The number of esters is 1. The zero-order valence-corrected chi connectivity index (χ0v) is 17.4. The molecular formula is C26H24N2O3. The Morgan fingerprint density at radius 2 is 1.94 bits per heavy atom. The number of fused-ring (bicyclic) bond motifs is 1. The Labute approximate surface area is 181 Å². The fraction of sp³-hybridized carbons (Fsp3) is 0.154. The quantitative estimate of drug-likeness (QED) is 0.339. The maximum absolute atomic E-state index is 11.7. The fourth-order valence-corrected chi connectivity index (χ4v) is 3.61. The molecule has 2 aromatic heterocycles. The lowest BCUT2D eigenvalue weighted by molar-refractivity contribution is -0.137. The number of aromatic nitrogens is 2. The van der Waals surface area contributed by atoms with Crippen LogP contribution in [0.15, 0.2) is 79.1 Å².